The van der Waals surface area contributed by atoms with Gasteiger partial charge in [0.1, 0.15) is 10.8 Å². The summed E-state index contributed by atoms with van der Waals surface area (Å²) in [6, 6.07) is 1.85. The summed E-state index contributed by atoms with van der Waals surface area (Å²) in [5, 5.41) is 4.47. The van der Waals surface area contributed by atoms with Crippen LogP contribution in [0.1, 0.15) is 5.69 Å². The average Bonchev–Trinajstić information content (AvgIpc) is 2.60. The number of aryl methyl sites for hydroxylation is 2. The third-order valence-corrected chi connectivity index (χ3v) is 3.48. The Hall–Kier alpha value is -0.940. The first-order valence-corrected chi connectivity index (χ1v) is 5.44. The number of halogens is 2. The van der Waals surface area contributed by atoms with Gasteiger partial charge in [0.25, 0.3) is 0 Å². The Bertz CT molecular complexity index is 486. The molecule has 78 valence electrons. The van der Waals surface area contributed by atoms with Crippen LogP contribution in [0.25, 0.3) is 11.5 Å². The van der Waals surface area contributed by atoms with Gasteiger partial charge in [-0.2, -0.15) is 5.10 Å². The minimum absolute atomic E-state index is 0.415. The lowest BCUT2D eigenvalue weighted by Gasteiger charge is -2.04. The standard InChI is InChI=1S/C9H8BrClN4/c1-5-7(10)8(11)14-9(13-5)6-3-4-12-15(6)2/h3-4H,1-2H3. The molecular formula is C9H8BrClN4. The third kappa shape index (κ3) is 1.89. The molecule has 0 aliphatic carbocycles. The zero-order valence-corrected chi connectivity index (χ0v) is 10.5. The molecular weight excluding hydrogens is 279 g/mol. The van der Waals surface area contributed by atoms with Gasteiger partial charge in [-0.1, -0.05) is 11.6 Å². The van der Waals surface area contributed by atoms with Crippen molar-refractivity contribution in [2.24, 2.45) is 7.05 Å². The second-order valence-electron chi connectivity index (χ2n) is 3.08. The molecule has 0 aromatic carbocycles. The Kier molecular flexibility index (Phi) is 2.75. The minimum Gasteiger partial charge on any atom is -0.265 e. The number of hydrogen-bond acceptors (Lipinski definition) is 3. The maximum atomic E-state index is 5.96. The molecule has 2 rings (SSSR count). The highest BCUT2D eigenvalue weighted by atomic mass is 79.9. The maximum absolute atomic E-state index is 5.96. The van der Waals surface area contributed by atoms with E-state index in [1.165, 1.54) is 0 Å². The maximum Gasteiger partial charge on any atom is 0.179 e. The van der Waals surface area contributed by atoms with Crippen LogP contribution in [0.4, 0.5) is 0 Å². The fraction of sp³-hybridized carbons (Fsp3) is 0.222. The quantitative estimate of drug-likeness (QED) is 0.757. The molecule has 0 bridgehead atoms. The van der Waals surface area contributed by atoms with Crippen molar-refractivity contribution in [3.05, 3.63) is 27.6 Å². The molecule has 0 saturated heterocycles. The van der Waals surface area contributed by atoms with Crippen LogP contribution in [0.15, 0.2) is 16.7 Å². The molecule has 4 nitrogen and oxygen atoms in total. The largest absolute Gasteiger partial charge is 0.265 e. The molecule has 0 aliphatic rings. The molecule has 0 fully saturated rings. The molecule has 2 heterocycles. The summed E-state index contributed by atoms with van der Waals surface area (Å²) in [4.78, 5) is 8.52. The zero-order chi connectivity index (χ0) is 11.0. The lowest BCUT2D eigenvalue weighted by atomic mass is 10.3. The van der Waals surface area contributed by atoms with Crippen molar-refractivity contribution in [3.63, 3.8) is 0 Å². The van der Waals surface area contributed by atoms with Gasteiger partial charge in [0.2, 0.25) is 0 Å². The van der Waals surface area contributed by atoms with Gasteiger partial charge < -0.3 is 0 Å². The van der Waals surface area contributed by atoms with E-state index >= 15 is 0 Å². The van der Waals surface area contributed by atoms with Crippen LogP contribution in [0.5, 0.6) is 0 Å². The van der Waals surface area contributed by atoms with Crippen LogP contribution in [-0.4, -0.2) is 19.7 Å². The monoisotopic (exact) mass is 286 g/mol. The van der Waals surface area contributed by atoms with Gasteiger partial charge in [0, 0.05) is 13.2 Å². The molecule has 0 aliphatic heterocycles. The fourth-order valence-electron chi connectivity index (χ4n) is 1.23. The number of nitrogens with zero attached hydrogens (tertiary/aromatic N) is 4. The van der Waals surface area contributed by atoms with Crippen molar-refractivity contribution >= 4 is 27.5 Å². The molecule has 0 spiro atoms. The molecule has 0 saturated carbocycles. The van der Waals surface area contributed by atoms with E-state index in [-0.39, 0.29) is 0 Å². The summed E-state index contributed by atoms with van der Waals surface area (Å²) in [5.74, 6) is 0.584. The van der Waals surface area contributed by atoms with Crippen LogP contribution in [0.2, 0.25) is 5.15 Å². The molecule has 2 aromatic rings. The highest BCUT2D eigenvalue weighted by molar-refractivity contribution is 9.10. The van der Waals surface area contributed by atoms with Gasteiger partial charge in [-0.05, 0) is 28.9 Å². The lowest BCUT2D eigenvalue weighted by molar-refractivity contribution is 0.769. The van der Waals surface area contributed by atoms with Gasteiger partial charge in [-0.15, -0.1) is 0 Å². The van der Waals surface area contributed by atoms with E-state index in [4.69, 9.17) is 11.6 Å². The van der Waals surface area contributed by atoms with E-state index in [0.29, 0.717) is 11.0 Å². The van der Waals surface area contributed by atoms with Crippen LogP contribution in [0, 0.1) is 6.92 Å². The number of hydrogen-bond donors (Lipinski definition) is 0. The minimum atomic E-state index is 0.415. The Morgan fingerprint density at radius 2 is 2.13 bits per heavy atom. The molecule has 0 amide bonds. The third-order valence-electron chi connectivity index (χ3n) is 2.03. The molecule has 0 radical (unpaired) electrons. The summed E-state index contributed by atoms with van der Waals surface area (Å²) in [5.41, 5.74) is 1.65. The smallest absolute Gasteiger partial charge is 0.179 e. The first-order chi connectivity index (χ1) is 7.09. The SMILES string of the molecule is Cc1nc(-c2ccnn2C)nc(Cl)c1Br. The molecule has 0 N–H and O–H groups in total. The average molecular weight is 288 g/mol. The predicted octanol–water partition coefficient (Wildman–Crippen LogP) is 2.60. The van der Waals surface area contributed by atoms with Gasteiger partial charge in [0.05, 0.1) is 10.2 Å². The Balaban J connectivity index is 2.60. The van der Waals surface area contributed by atoms with Crippen LogP contribution >= 0.6 is 27.5 Å². The molecule has 15 heavy (non-hydrogen) atoms. The fourth-order valence-corrected chi connectivity index (χ4v) is 1.63. The highest BCUT2D eigenvalue weighted by Gasteiger charge is 2.11. The van der Waals surface area contributed by atoms with Crippen molar-refractivity contribution in [1.29, 1.82) is 0 Å². The Morgan fingerprint density at radius 3 is 2.67 bits per heavy atom. The summed E-state index contributed by atoms with van der Waals surface area (Å²) in [6.07, 6.45) is 1.70. The van der Waals surface area contributed by atoms with Crippen molar-refractivity contribution in [2.75, 3.05) is 0 Å². The van der Waals surface area contributed by atoms with Gasteiger partial charge >= 0.3 is 0 Å². The van der Waals surface area contributed by atoms with Crippen LogP contribution in [-0.2, 0) is 7.05 Å². The van der Waals surface area contributed by atoms with E-state index < -0.39 is 0 Å². The highest BCUT2D eigenvalue weighted by Crippen LogP contribution is 2.25. The zero-order valence-electron chi connectivity index (χ0n) is 8.20. The lowest BCUT2D eigenvalue weighted by Crippen LogP contribution is -2.00. The van der Waals surface area contributed by atoms with E-state index in [2.05, 4.69) is 31.0 Å². The number of rotatable bonds is 1. The van der Waals surface area contributed by atoms with Crippen molar-refractivity contribution < 1.29 is 0 Å². The normalized spacial score (nSPS) is 10.7. The first kappa shape index (κ1) is 10.6. The van der Waals surface area contributed by atoms with E-state index in [9.17, 15) is 0 Å². The van der Waals surface area contributed by atoms with E-state index in [1.807, 2.05) is 20.0 Å². The molecule has 0 unspecified atom stereocenters. The van der Waals surface area contributed by atoms with Crippen molar-refractivity contribution in [3.8, 4) is 11.5 Å². The predicted molar refractivity (Wildman–Crippen MR) is 61.7 cm³/mol. The Labute approximate surface area is 100 Å². The van der Waals surface area contributed by atoms with Crippen molar-refractivity contribution in [2.45, 2.75) is 6.92 Å². The van der Waals surface area contributed by atoms with Gasteiger partial charge in [0.15, 0.2) is 5.82 Å². The first-order valence-electron chi connectivity index (χ1n) is 4.27. The molecule has 2 aromatic heterocycles. The summed E-state index contributed by atoms with van der Waals surface area (Å²) in [7, 11) is 1.84. The second-order valence-corrected chi connectivity index (χ2v) is 4.23. The summed E-state index contributed by atoms with van der Waals surface area (Å²) in [6.45, 7) is 1.87. The van der Waals surface area contributed by atoms with Crippen LogP contribution < -0.4 is 0 Å². The summed E-state index contributed by atoms with van der Waals surface area (Å²) >= 11 is 9.28. The Morgan fingerprint density at radius 1 is 1.40 bits per heavy atom. The van der Waals surface area contributed by atoms with Gasteiger partial charge in [-0.3, -0.25) is 4.68 Å². The number of aromatic nitrogens is 4. The second kappa shape index (κ2) is 3.90. The van der Waals surface area contributed by atoms with E-state index in [1.54, 1.807) is 10.9 Å². The van der Waals surface area contributed by atoms with Gasteiger partial charge in [-0.25, -0.2) is 9.97 Å². The topological polar surface area (TPSA) is 43.6 Å². The van der Waals surface area contributed by atoms with Crippen LogP contribution in [0.3, 0.4) is 0 Å². The molecule has 6 heteroatoms. The van der Waals surface area contributed by atoms with Crippen molar-refractivity contribution in [1.82, 2.24) is 19.7 Å². The summed E-state index contributed by atoms with van der Waals surface area (Å²) < 4.78 is 2.44. The molecule has 0 atom stereocenters. The van der Waals surface area contributed by atoms with E-state index in [0.717, 1.165) is 15.9 Å².